The van der Waals surface area contributed by atoms with Crippen LogP contribution in [-0.4, -0.2) is 4.37 Å². The van der Waals surface area contributed by atoms with Gasteiger partial charge in [-0.1, -0.05) is 41.4 Å². The van der Waals surface area contributed by atoms with Crippen LogP contribution in [0.5, 0.6) is 0 Å². The van der Waals surface area contributed by atoms with Crippen LogP contribution in [0, 0.1) is 6.92 Å². The molecular formula is C10H9ClN2S. The molecule has 0 spiro atoms. The number of aromatic nitrogens is 1. The number of nitrogen functional groups attached to an aromatic ring is 1. The first kappa shape index (κ1) is 9.49. The number of rotatable bonds is 1. The minimum absolute atomic E-state index is 0.554. The van der Waals surface area contributed by atoms with Gasteiger partial charge < -0.3 is 5.73 Å². The zero-order valence-corrected chi connectivity index (χ0v) is 9.19. The minimum atomic E-state index is 0.554. The van der Waals surface area contributed by atoms with Gasteiger partial charge in [-0.05, 0) is 18.5 Å². The fourth-order valence-electron chi connectivity index (χ4n) is 1.18. The summed E-state index contributed by atoms with van der Waals surface area (Å²) in [5.41, 5.74) is 8.63. The Kier molecular flexibility index (Phi) is 2.44. The molecule has 2 aromatic rings. The Hall–Kier alpha value is -1.06. The largest absolute Gasteiger partial charge is 0.388 e. The Morgan fingerprint density at radius 1 is 1.29 bits per heavy atom. The summed E-state index contributed by atoms with van der Waals surface area (Å²) in [7, 11) is 0. The smallest absolute Gasteiger partial charge is 0.126 e. The molecule has 0 amide bonds. The lowest BCUT2D eigenvalue weighted by Gasteiger charge is -1.98. The number of aryl methyl sites for hydroxylation is 1. The molecule has 0 unspecified atom stereocenters. The summed E-state index contributed by atoms with van der Waals surface area (Å²) in [6.45, 7) is 2.04. The predicted molar refractivity (Wildman–Crippen MR) is 61.7 cm³/mol. The lowest BCUT2D eigenvalue weighted by atomic mass is 10.1. The van der Waals surface area contributed by atoms with Crippen LogP contribution in [0.15, 0.2) is 24.3 Å². The van der Waals surface area contributed by atoms with Gasteiger partial charge in [0.25, 0.3) is 0 Å². The van der Waals surface area contributed by atoms with E-state index in [0.717, 1.165) is 11.3 Å². The number of anilines is 1. The first-order valence-electron chi connectivity index (χ1n) is 4.16. The van der Waals surface area contributed by atoms with Crippen molar-refractivity contribution in [3.05, 3.63) is 34.9 Å². The van der Waals surface area contributed by atoms with Crippen molar-refractivity contribution < 1.29 is 0 Å². The van der Waals surface area contributed by atoms with Crippen molar-refractivity contribution in [3.63, 3.8) is 0 Å². The highest BCUT2D eigenvalue weighted by molar-refractivity contribution is 7.11. The normalized spacial score (nSPS) is 10.4. The fourth-order valence-corrected chi connectivity index (χ4v) is 2.05. The Morgan fingerprint density at radius 2 is 1.93 bits per heavy atom. The van der Waals surface area contributed by atoms with Crippen molar-refractivity contribution >= 4 is 28.1 Å². The van der Waals surface area contributed by atoms with E-state index in [-0.39, 0.29) is 0 Å². The molecule has 2 nitrogen and oxygen atoms in total. The van der Waals surface area contributed by atoms with Crippen LogP contribution in [0.3, 0.4) is 0 Å². The summed E-state index contributed by atoms with van der Waals surface area (Å²) in [5, 5.41) is 1.13. The van der Waals surface area contributed by atoms with Gasteiger partial charge in [-0.15, -0.1) is 0 Å². The van der Waals surface area contributed by atoms with Gasteiger partial charge in [0.15, 0.2) is 0 Å². The maximum absolute atomic E-state index is 6.01. The minimum Gasteiger partial charge on any atom is -0.388 e. The molecular weight excluding hydrogens is 216 g/mol. The summed E-state index contributed by atoms with van der Waals surface area (Å²) >= 11 is 7.23. The third-order valence-corrected chi connectivity index (χ3v) is 3.15. The van der Waals surface area contributed by atoms with E-state index < -0.39 is 0 Å². The van der Waals surface area contributed by atoms with Gasteiger partial charge >= 0.3 is 0 Å². The molecule has 0 aliphatic carbocycles. The molecule has 0 fully saturated rings. The molecule has 0 atom stereocenters. The van der Waals surface area contributed by atoms with Crippen LogP contribution in [0.2, 0.25) is 5.02 Å². The molecule has 0 bridgehead atoms. The van der Waals surface area contributed by atoms with Crippen LogP contribution >= 0.6 is 23.1 Å². The molecule has 0 saturated carbocycles. The molecule has 72 valence electrons. The third-order valence-electron chi connectivity index (χ3n) is 1.98. The van der Waals surface area contributed by atoms with Crippen LogP contribution in [0.4, 0.5) is 5.00 Å². The van der Waals surface area contributed by atoms with E-state index in [1.165, 1.54) is 17.1 Å². The summed E-state index contributed by atoms with van der Waals surface area (Å²) < 4.78 is 4.20. The monoisotopic (exact) mass is 224 g/mol. The van der Waals surface area contributed by atoms with Crippen molar-refractivity contribution in [2.75, 3.05) is 5.73 Å². The van der Waals surface area contributed by atoms with Crippen LogP contribution in [0.25, 0.3) is 11.3 Å². The second-order valence-corrected chi connectivity index (χ2v) is 4.26. The molecule has 0 aliphatic heterocycles. The van der Waals surface area contributed by atoms with Gasteiger partial charge in [0.2, 0.25) is 0 Å². The Bertz CT molecular complexity index is 448. The molecule has 4 heteroatoms. The summed E-state index contributed by atoms with van der Waals surface area (Å²) in [4.78, 5) is 0. The molecule has 1 aromatic carbocycles. The highest BCUT2D eigenvalue weighted by atomic mass is 35.5. The number of halogens is 1. The zero-order valence-electron chi connectivity index (χ0n) is 7.62. The first-order valence-corrected chi connectivity index (χ1v) is 5.31. The second-order valence-electron chi connectivity index (χ2n) is 3.08. The molecule has 14 heavy (non-hydrogen) atoms. The third kappa shape index (κ3) is 1.61. The SMILES string of the molecule is Cc1ccc(-c2nsc(N)c2Cl)cc1. The van der Waals surface area contributed by atoms with Crippen LogP contribution < -0.4 is 5.73 Å². The van der Waals surface area contributed by atoms with Crippen molar-refractivity contribution in [2.45, 2.75) is 6.92 Å². The number of benzene rings is 1. The number of nitrogens with two attached hydrogens (primary N) is 1. The van der Waals surface area contributed by atoms with Crippen molar-refractivity contribution in [2.24, 2.45) is 0 Å². The number of hydrogen-bond donors (Lipinski definition) is 1. The molecule has 0 saturated heterocycles. The lowest BCUT2D eigenvalue weighted by Crippen LogP contribution is -1.81. The summed E-state index contributed by atoms with van der Waals surface area (Å²) in [6, 6.07) is 8.05. The first-order chi connectivity index (χ1) is 6.68. The Labute approximate surface area is 91.5 Å². The van der Waals surface area contributed by atoms with E-state index in [1.54, 1.807) is 0 Å². The van der Waals surface area contributed by atoms with E-state index in [1.807, 2.05) is 31.2 Å². The standard InChI is InChI=1S/C10H9ClN2S/c1-6-2-4-7(5-3-6)9-8(11)10(12)14-13-9/h2-5H,12H2,1H3. The predicted octanol–water partition coefficient (Wildman–Crippen LogP) is 3.35. The van der Waals surface area contributed by atoms with Gasteiger partial charge in [-0.25, -0.2) is 0 Å². The maximum Gasteiger partial charge on any atom is 0.126 e. The summed E-state index contributed by atoms with van der Waals surface area (Å²) in [5.74, 6) is 0. The van der Waals surface area contributed by atoms with Crippen molar-refractivity contribution in [1.29, 1.82) is 0 Å². The topological polar surface area (TPSA) is 38.9 Å². The van der Waals surface area contributed by atoms with E-state index in [0.29, 0.717) is 10.0 Å². The number of nitrogens with zero attached hydrogens (tertiary/aromatic N) is 1. The highest BCUT2D eigenvalue weighted by Gasteiger charge is 2.10. The van der Waals surface area contributed by atoms with Gasteiger partial charge in [-0.2, -0.15) is 4.37 Å². The van der Waals surface area contributed by atoms with E-state index >= 15 is 0 Å². The van der Waals surface area contributed by atoms with E-state index in [9.17, 15) is 0 Å². The quantitative estimate of drug-likeness (QED) is 0.807. The maximum atomic E-state index is 6.01. The molecule has 0 aliphatic rings. The highest BCUT2D eigenvalue weighted by Crippen LogP contribution is 2.34. The average Bonchev–Trinajstić information content (AvgIpc) is 2.50. The van der Waals surface area contributed by atoms with Crippen LogP contribution in [0.1, 0.15) is 5.56 Å². The van der Waals surface area contributed by atoms with Crippen molar-refractivity contribution in [3.8, 4) is 11.3 Å². The van der Waals surface area contributed by atoms with E-state index in [4.69, 9.17) is 17.3 Å². The van der Waals surface area contributed by atoms with Gasteiger partial charge in [-0.3, -0.25) is 0 Å². The van der Waals surface area contributed by atoms with Gasteiger partial charge in [0.05, 0.1) is 0 Å². The number of hydrogen-bond acceptors (Lipinski definition) is 3. The molecule has 0 radical (unpaired) electrons. The van der Waals surface area contributed by atoms with Crippen molar-refractivity contribution in [1.82, 2.24) is 4.37 Å². The van der Waals surface area contributed by atoms with Gasteiger partial charge in [0.1, 0.15) is 15.7 Å². The fraction of sp³-hybridized carbons (Fsp3) is 0.100. The molecule has 2 N–H and O–H groups in total. The molecule has 1 aromatic heterocycles. The lowest BCUT2D eigenvalue weighted by molar-refractivity contribution is 1.45. The Morgan fingerprint density at radius 3 is 2.43 bits per heavy atom. The molecule has 2 rings (SSSR count). The Balaban J connectivity index is 2.49. The molecule has 1 heterocycles. The zero-order chi connectivity index (χ0) is 10.1. The van der Waals surface area contributed by atoms with Gasteiger partial charge in [0, 0.05) is 5.56 Å². The average molecular weight is 225 g/mol. The summed E-state index contributed by atoms with van der Waals surface area (Å²) in [6.07, 6.45) is 0. The van der Waals surface area contributed by atoms with Crippen LogP contribution in [-0.2, 0) is 0 Å². The van der Waals surface area contributed by atoms with E-state index in [2.05, 4.69) is 4.37 Å². The second kappa shape index (κ2) is 3.59.